The lowest BCUT2D eigenvalue weighted by atomic mass is 9.94. The summed E-state index contributed by atoms with van der Waals surface area (Å²) in [6.07, 6.45) is 1.45. The van der Waals surface area contributed by atoms with E-state index in [1.807, 2.05) is 20.8 Å². The number of likely N-dealkylation sites (tertiary alicyclic amines) is 1. The van der Waals surface area contributed by atoms with Gasteiger partial charge in [0.05, 0.1) is 7.11 Å². The van der Waals surface area contributed by atoms with Gasteiger partial charge < -0.3 is 14.5 Å². The fourth-order valence-electron chi connectivity index (χ4n) is 2.29. The van der Waals surface area contributed by atoms with Crippen molar-refractivity contribution in [1.82, 2.24) is 9.80 Å². The molecule has 114 valence electrons. The lowest BCUT2D eigenvalue weighted by Crippen LogP contribution is -2.50. The fraction of sp³-hybridized carbons (Fsp3) is 0.786. The van der Waals surface area contributed by atoms with E-state index in [-0.39, 0.29) is 18.4 Å². The van der Waals surface area contributed by atoms with Gasteiger partial charge in [-0.25, -0.2) is 0 Å². The van der Waals surface area contributed by atoms with Crippen LogP contribution in [0.1, 0.15) is 33.6 Å². The average Bonchev–Trinajstić information content (AvgIpc) is 2.84. The molecule has 0 saturated carbocycles. The number of hydrogen-bond donors (Lipinski definition) is 0. The van der Waals surface area contributed by atoms with E-state index in [9.17, 15) is 14.4 Å². The maximum atomic E-state index is 12.4. The maximum absolute atomic E-state index is 12.4. The van der Waals surface area contributed by atoms with E-state index in [1.165, 1.54) is 12.0 Å². The lowest BCUT2D eigenvalue weighted by Gasteiger charge is -2.32. The van der Waals surface area contributed by atoms with E-state index in [2.05, 4.69) is 4.74 Å². The number of amides is 2. The van der Waals surface area contributed by atoms with Gasteiger partial charge in [0.15, 0.2) is 0 Å². The molecule has 0 aromatic rings. The quantitative estimate of drug-likeness (QED) is 0.714. The first-order valence-corrected chi connectivity index (χ1v) is 6.81. The summed E-state index contributed by atoms with van der Waals surface area (Å²) in [7, 11) is 2.84. The second-order valence-electron chi connectivity index (χ2n) is 6.18. The maximum Gasteiger partial charge on any atom is 0.325 e. The summed E-state index contributed by atoms with van der Waals surface area (Å²) in [6.45, 7) is 6.02. The molecule has 0 radical (unpaired) electrons. The highest BCUT2D eigenvalue weighted by Gasteiger charge is 2.39. The van der Waals surface area contributed by atoms with Gasteiger partial charge in [-0.1, -0.05) is 20.8 Å². The number of carbonyl (C=O) groups excluding carboxylic acids is 3. The van der Waals surface area contributed by atoms with Crippen molar-refractivity contribution in [2.45, 2.75) is 39.7 Å². The van der Waals surface area contributed by atoms with Crippen LogP contribution in [-0.4, -0.2) is 60.9 Å². The van der Waals surface area contributed by atoms with Crippen molar-refractivity contribution < 1.29 is 19.1 Å². The van der Waals surface area contributed by atoms with Crippen LogP contribution in [0.4, 0.5) is 0 Å². The molecule has 1 saturated heterocycles. The second kappa shape index (κ2) is 6.24. The Balaban J connectivity index is 2.76. The number of carbonyl (C=O) groups is 3. The molecule has 1 fully saturated rings. The molecule has 0 bridgehead atoms. The summed E-state index contributed by atoms with van der Waals surface area (Å²) < 4.78 is 4.55. The average molecular weight is 284 g/mol. The zero-order valence-corrected chi connectivity index (χ0v) is 12.9. The third kappa shape index (κ3) is 3.71. The van der Waals surface area contributed by atoms with Crippen molar-refractivity contribution in [3.63, 3.8) is 0 Å². The van der Waals surface area contributed by atoms with Gasteiger partial charge in [-0.15, -0.1) is 0 Å². The lowest BCUT2D eigenvalue weighted by molar-refractivity contribution is -0.151. The molecule has 1 unspecified atom stereocenters. The number of methoxy groups -OCH3 is 1. The molecule has 0 aromatic heterocycles. The van der Waals surface area contributed by atoms with E-state index in [0.717, 1.165) is 6.42 Å². The Kier molecular flexibility index (Phi) is 5.14. The molecule has 0 spiro atoms. The Hall–Kier alpha value is -1.59. The normalized spacial score (nSPS) is 18.9. The van der Waals surface area contributed by atoms with Crippen LogP contribution in [0.5, 0.6) is 0 Å². The number of hydrogen-bond acceptors (Lipinski definition) is 4. The molecular formula is C14H24N2O4. The summed E-state index contributed by atoms with van der Waals surface area (Å²) in [5.74, 6) is -0.696. The van der Waals surface area contributed by atoms with Gasteiger partial charge in [-0.2, -0.15) is 0 Å². The van der Waals surface area contributed by atoms with Crippen LogP contribution in [0.25, 0.3) is 0 Å². The predicted octanol–water partition coefficient (Wildman–Crippen LogP) is 0.655. The van der Waals surface area contributed by atoms with Gasteiger partial charge in [-0.3, -0.25) is 14.4 Å². The van der Waals surface area contributed by atoms with Crippen LogP contribution in [0, 0.1) is 5.41 Å². The smallest absolute Gasteiger partial charge is 0.325 e. The highest BCUT2D eigenvalue weighted by molar-refractivity contribution is 5.91. The van der Waals surface area contributed by atoms with E-state index < -0.39 is 17.4 Å². The fourth-order valence-corrected chi connectivity index (χ4v) is 2.29. The van der Waals surface area contributed by atoms with Gasteiger partial charge >= 0.3 is 5.97 Å². The topological polar surface area (TPSA) is 66.9 Å². The molecule has 1 heterocycles. The summed E-state index contributed by atoms with van der Waals surface area (Å²) in [4.78, 5) is 38.9. The molecular weight excluding hydrogens is 260 g/mol. The van der Waals surface area contributed by atoms with E-state index >= 15 is 0 Å². The van der Waals surface area contributed by atoms with Crippen molar-refractivity contribution in [1.29, 1.82) is 0 Å². The largest absolute Gasteiger partial charge is 0.468 e. The minimum Gasteiger partial charge on any atom is -0.468 e. The van der Waals surface area contributed by atoms with Crippen LogP contribution < -0.4 is 0 Å². The summed E-state index contributed by atoms with van der Waals surface area (Å²) in [6, 6.07) is -0.462. The second-order valence-corrected chi connectivity index (χ2v) is 6.18. The van der Waals surface area contributed by atoms with Crippen LogP contribution in [0.2, 0.25) is 0 Å². The Morgan fingerprint density at radius 2 is 1.90 bits per heavy atom. The Morgan fingerprint density at radius 1 is 1.30 bits per heavy atom. The van der Waals surface area contributed by atoms with Crippen LogP contribution in [0.15, 0.2) is 0 Å². The van der Waals surface area contributed by atoms with Crippen molar-refractivity contribution in [3.8, 4) is 0 Å². The third-order valence-electron chi connectivity index (χ3n) is 3.41. The van der Waals surface area contributed by atoms with Crippen LogP contribution in [-0.2, 0) is 19.1 Å². The van der Waals surface area contributed by atoms with E-state index in [4.69, 9.17) is 0 Å². The zero-order chi connectivity index (χ0) is 15.5. The first-order valence-electron chi connectivity index (χ1n) is 6.81. The third-order valence-corrected chi connectivity index (χ3v) is 3.41. The number of likely N-dealkylation sites (N-methyl/N-ethyl adjacent to an activating group) is 1. The summed E-state index contributed by atoms with van der Waals surface area (Å²) >= 11 is 0. The first-order chi connectivity index (χ1) is 9.18. The van der Waals surface area contributed by atoms with Crippen molar-refractivity contribution in [2.75, 3.05) is 27.2 Å². The highest BCUT2D eigenvalue weighted by Crippen LogP contribution is 2.26. The standard InChI is InChI=1S/C14H24N2O4/c1-14(2,3)13(19)16-8-6-7-10(16)12(18)15(4)9-11(17)20-5/h10H,6-9H2,1-5H3. The van der Waals surface area contributed by atoms with Gasteiger partial charge in [-0.05, 0) is 12.8 Å². The number of rotatable bonds is 3. The number of nitrogens with zero attached hydrogens (tertiary/aromatic N) is 2. The SMILES string of the molecule is COC(=O)CN(C)C(=O)C1CCCN1C(=O)C(C)(C)C. The number of esters is 1. The van der Waals surface area contributed by atoms with Crippen molar-refractivity contribution in [3.05, 3.63) is 0 Å². The van der Waals surface area contributed by atoms with Gasteiger partial charge in [0.2, 0.25) is 11.8 Å². The van der Waals surface area contributed by atoms with Crippen molar-refractivity contribution in [2.24, 2.45) is 5.41 Å². The summed E-state index contributed by atoms with van der Waals surface area (Å²) in [5, 5.41) is 0. The Morgan fingerprint density at radius 3 is 2.40 bits per heavy atom. The Bertz CT molecular complexity index is 400. The predicted molar refractivity (Wildman–Crippen MR) is 73.8 cm³/mol. The molecule has 0 aromatic carbocycles. The minimum atomic E-state index is -0.510. The Labute approximate surface area is 120 Å². The molecule has 20 heavy (non-hydrogen) atoms. The number of ether oxygens (including phenoxy) is 1. The van der Waals surface area contributed by atoms with Crippen LogP contribution in [0.3, 0.4) is 0 Å². The van der Waals surface area contributed by atoms with Gasteiger partial charge in [0, 0.05) is 19.0 Å². The van der Waals surface area contributed by atoms with Crippen LogP contribution >= 0.6 is 0 Å². The van der Waals surface area contributed by atoms with Gasteiger partial charge in [0.1, 0.15) is 12.6 Å². The minimum absolute atomic E-state index is 0.0279. The molecule has 1 rings (SSSR count). The summed E-state index contributed by atoms with van der Waals surface area (Å²) in [5.41, 5.74) is -0.510. The molecule has 2 amide bonds. The molecule has 0 aliphatic carbocycles. The van der Waals surface area contributed by atoms with Gasteiger partial charge in [0.25, 0.3) is 0 Å². The monoisotopic (exact) mass is 284 g/mol. The molecule has 6 nitrogen and oxygen atoms in total. The van der Waals surface area contributed by atoms with E-state index in [1.54, 1.807) is 11.9 Å². The highest BCUT2D eigenvalue weighted by atomic mass is 16.5. The van der Waals surface area contributed by atoms with E-state index in [0.29, 0.717) is 13.0 Å². The molecule has 0 N–H and O–H groups in total. The molecule has 1 aliphatic rings. The molecule has 1 atom stereocenters. The zero-order valence-electron chi connectivity index (χ0n) is 12.9. The first kappa shape index (κ1) is 16.5. The molecule has 6 heteroatoms. The molecule has 1 aliphatic heterocycles. The van der Waals surface area contributed by atoms with Crippen molar-refractivity contribution >= 4 is 17.8 Å².